The largest absolute Gasteiger partial charge is 0.357 e. The number of nitrogens with one attached hydrogen (secondary N) is 1. The standard InChI is InChI=1S/C28H25FN6O/c1-17-13-21-15-23(28(36)30-24(21)14-18(17)2)26(34-12-11-20-5-3-4-6-25(20)34)27-31-32-33-35(27)16-19-7-9-22(29)10-8-19/h3-10,13-15,26H,11-12,16H2,1-2H3,(H,30,36). The summed E-state index contributed by atoms with van der Waals surface area (Å²) in [5.41, 5.74) is 6.66. The van der Waals surface area contributed by atoms with Crippen molar-refractivity contribution in [2.45, 2.75) is 32.9 Å². The van der Waals surface area contributed by atoms with Gasteiger partial charge < -0.3 is 9.88 Å². The first-order valence-electron chi connectivity index (χ1n) is 12.0. The highest BCUT2D eigenvalue weighted by Crippen LogP contribution is 2.37. The third-order valence-electron chi connectivity index (χ3n) is 7.07. The molecule has 0 amide bonds. The van der Waals surface area contributed by atoms with E-state index in [0.717, 1.165) is 46.2 Å². The van der Waals surface area contributed by atoms with Crippen molar-refractivity contribution in [3.8, 4) is 0 Å². The first-order valence-corrected chi connectivity index (χ1v) is 12.0. The maximum Gasteiger partial charge on any atom is 0.254 e. The molecule has 1 aliphatic rings. The lowest BCUT2D eigenvalue weighted by molar-refractivity contribution is 0.576. The molecule has 0 bridgehead atoms. The Hall–Kier alpha value is -4.33. The number of halogens is 1. The average molecular weight is 481 g/mol. The van der Waals surface area contributed by atoms with Gasteiger partial charge in [-0.1, -0.05) is 30.3 Å². The fourth-order valence-electron chi connectivity index (χ4n) is 5.06. The van der Waals surface area contributed by atoms with Gasteiger partial charge in [-0.05, 0) is 94.7 Å². The molecule has 0 spiro atoms. The number of fused-ring (bicyclic) bond motifs is 2. The van der Waals surface area contributed by atoms with Gasteiger partial charge in [0.2, 0.25) is 0 Å². The monoisotopic (exact) mass is 480 g/mol. The van der Waals surface area contributed by atoms with Crippen LogP contribution in [-0.2, 0) is 13.0 Å². The summed E-state index contributed by atoms with van der Waals surface area (Å²) in [4.78, 5) is 18.8. The number of aryl methyl sites for hydroxylation is 2. The fourth-order valence-corrected chi connectivity index (χ4v) is 5.06. The molecule has 0 saturated heterocycles. The predicted molar refractivity (Wildman–Crippen MR) is 137 cm³/mol. The van der Waals surface area contributed by atoms with Gasteiger partial charge in [0.15, 0.2) is 5.82 Å². The van der Waals surface area contributed by atoms with Crippen molar-refractivity contribution in [3.05, 3.63) is 117 Å². The molecule has 0 saturated carbocycles. The second-order valence-electron chi connectivity index (χ2n) is 9.37. The minimum atomic E-state index is -0.501. The molecule has 0 fully saturated rings. The van der Waals surface area contributed by atoms with Gasteiger partial charge >= 0.3 is 0 Å². The minimum Gasteiger partial charge on any atom is -0.357 e. The third kappa shape index (κ3) is 3.84. The number of hydrogen-bond acceptors (Lipinski definition) is 5. The lowest BCUT2D eigenvalue weighted by Gasteiger charge is -2.29. The Morgan fingerprint density at radius 1 is 1.03 bits per heavy atom. The van der Waals surface area contributed by atoms with Crippen LogP contribution in [0.5, 0.6) is 0 Å². The molecular weight excluding hydrogens is 455 g/mol. The van der Waals surface area contributed by atoms with Crippen molar-refractivity contribution in [1.82, 2.24) is 25.2 Å². The summed E-state index contributed by atoms with van der Waals surface area (Å²) in [6.45, 7) is 5.20. The Morgan fingerprint density at radius 2 is 1.81 bits per heavy atom. The van der Waals surface area contributed by atoms with Gasteiger partial charge in [-0.15, -0.1) is 5.10 Å². The molecule has 5 aromatic rings. The molecule has 36 heavy (non-hydrogen) atoms. The quantitative estimate of drug-likeness (QED) is 0.402. The number of anilines is 1. The van der Waals surface area contributed by atoms with E-state index in [2.05, 4.69) is 50.5 Å². The van der Waals surface area contributed by atoms with Crippen LogP contribution in [0.2, 0.25) is 0 Å². The molecule has 2 aromatic heterocycles. The van der Waals surface area contributed by atoms with Crippen molar-refractivity contribution in [3.63, 3.8) is 0 Å². The lowest BCUT2D eigenvalue weighted by atomic mass is 10.0. The highest BCUT2D eigenvalue weighted by Gasteiger charge is 2.34. The molecule has 180 valence electrons. The maximum atomic E-state index is 13.5. The Labute approximate surface area is 207 Å². The molecule has 1 unspecified atom stereocenters. The molecule has 3 aromatic carbocycles. The number of aromatic amines is 1. The van der Waals surface area contributed by atoms with Crippen molar-refractivity contribution >= 4 is 16.6 Å². The smallest absolute Gasteiger partial charge is 0.254 e. The topological polar surface area (TPSA) is 79.7 Å². The van der Waals surface area contributed by atoms with Gasteiger partial charge in [0.05, 0.1) is 6.54 Å². The number of pyridine rings is 1. The van der Waals surface area contributed by atoms with Gasteiger partial charge in [0.1, 0.15) is 11.9 Å². The number of H-pyrrole nitrogens is 1. The Balaban J connectivity index is 1.52. The molecule has 7 nitrogen and oxygen atoms in total. The Kier molecular flexibility index (Phi) is 5.36. The zero-order valence-corrected chi connectivity index (χ0v) is 20.1. The van der Waals surface area contributed by atoms with Gasteiger partial charge in [0.25, 0.3) is 5.56 Å². The number of para-hydroxylation sites is 1. The van der Waals surface area contributed by atoms with E-state index >= 15 is 0 Å². The maximum absolute atomic E-state index is 13.5. The Bertz CT molecular complexity index is 1640. The van der Waals surface area contributed by atoms with E-state index in [-0.39, 0.29) is 11.4 Å². The van der Waals surface area contributed by atoms with Crippen molar-refractivity contribution in [1.29, 1.82) is 0 Å². The van der Waals surface area contributed by atoms with E-state index in [0.29, 0.717) is 17.9 Å². The second-order valence-corrected chi connectivity index (χ2v) is 9.37. The first-order chi connectivity index (χ1) is 17.5. The van der Waals surface area contributed by atoms with Crippen LogP contribution in [0.1, 0.15) is 39.7 Å². The molecular formula is C28H25FN6O. The summed E-state index contributed by atoms with van der Waals surface area (Å²) >= 11 is 0. The third-order valence-corrected chi connectivity index (χ3v) is 7.07. The summed E-state index contributed by atoms with van der Waals surface area (Å²) < 4.78 is 15.2. The summed E-state index contributed by atoms with van der Waals surface area (Å²) in [6, 6.07) is 20.1. The summed E-state index contributed by atoms with van der Waals surface area (Å²) in [7, 11) is 0. The number of rotatable bonds is 5. The van der Waals surface area contributed by atoms with E-state index < -0.39 is 6.04 Å². The molecule has 3 heterocycles. The van der Waals surface area contributed by atoms with Crippen LogP contribution in [-0.4, -0.2) is 31.7 Å². The molecule has 1 N–H and O–H groups in total. The fraction of sp³-hybridized carbons (Fsp3) is 0.214. The molecule has 6 rings (SSSR count). The number of tetrazole rings is 1. The highest BCUT2D eigenvalue weighted by molar-refractivity contribution is 5.81. The predicted octanol–water partition coefficient (Wildman–Crippen LogP) is 4.47. The lowest BCUT2D eigenvalue weighted by Crippen LogP contribution is -2.34. The SMILES string of the molecule is Cc1cc2cc(C(c3nnnn3Cc3ccc(F)cc3)N3CCc4ccccc43)c(=O)[nH]c2cc1C. The van der Waals surface area contributed by atoms with Crippen molar-refractivity contribution < 1.29 is 4.39 Å². The van der Waals surface area contributed by atoms with Crippen LogP contribution in [0.3, 0.4) is 0 Å². The van der Waals surface area contributed by atoms with Crippen LogP contribution < -0.4 is 10.5 Å². The minimum absolute atomic E-state index is 0.170. The molecule has 0 aliphatic carbocycles. The summed E-state index contributed by atoms with van der Waals surface area (Å²) in [6.07, 6.45) is 0.871. The zero-order valence-electron chi connectivity index (χ0n) is 20.1. The van der Waals surface area contributed by atoms with Crippen molar-refractivity contribution in [2.75, 3.05) is 11.4 Å². The van der Waals surface area contributed by atoms with Gasteiger partial charge in [-0.3, -0.25) is 4.79 Å². The number of aromatic nitrogens is 5. The van der Waals surface area contributed by atoms with Crippen LogP contribution in [0.25, 0.3) is 10.9 Å². The van der Waals surface area contributed by atoms with Crippen LogP contribution >= 0.6 is 0 Å². The van der Waals surface area contributed by atoms with E-state index in [1.165, 1.54) is 17.7 Å². The Morgan fingerprint density at radius 3 is 2.64 bits per heavy atom. The van der Waals surface area contributed by atoms with E-state index in [1.807, 2.05) is 31.2 Å². The first kappa shape index (κ1) is 22.2. The van der Waals surface area contributed by atoms with Crippen LogP contribution in [0, 0.1) is 19.7 Å². The van der Waals surface area contributed by atoms with Gasteiger partial charge in [0, 0.05) is 23.3 Å². The molecule has 0 radical (unpaired) electrons. The van der Waals surface area contributed by atoms with Gasteiger partial charge in [-0.2, -0.15) is 0 Å². The van der Waals surface area contributed by atoms with E-state index in [1.54, 1.807) is 16.8 Å². The van der Waals surface area contributed by atoms with E-state index in [9.17, 15) is 9.18 Å². The summed E-state index contributed by atoms with van der Waals surface area (Å²) in [5.74, 6) is 0.264. The normalized spacial score (nSPS) is 13.8. The molecule has 1 aliphatic heterocycles. The number of benzene rings is 3. The molecule has 1 atom stereocenters. The molecule has 8 heteroatoms. The van der Waals surface area contributed by atoms with E-state index in [4.69, 9.17) is 0 Å². The number of nitrogens with zero attached hydrogens (tertiary/aromatic N) is 5. The van der Waals surface area contributed by atoms with Crippen LogP contribution in [0.4, 0.5) is 10.1 Å². The highest BCUT2D eigenvalue weighted by atomic mass is 19.1. The number of hydrogen-bond donors (Lipinski definition) is 1. The zero-order chi connectivity index (χ0) is 24.8. The second kappa shape index (κ2) is 8.71. The summed E-state index contributed by atoms with van der Waals surface area (Å²) in [5, 5.41) is 13.6. The average Bonchev–Trinajstić information content (AvgIpc) is 3.50. The van der Waals surface area contributed by atoms with Crippen molar-refractivity contribution in [2.24, 2.45) is 0 Å². The van der Waals surface area contributed by atoms with Gasteiger partial charge in [-0.25, -0.2) is 9.07 Å². The van der Waals surface area contributed by atoms with Crippen LogP contribution in [0.15, 0.2) is 71.5 Å².